The molecule has 0 amide bonds. The van der Waals surface area contributed by atoms with E-state index in [-0.39, 0.29) is 13.2 Å². The predicted molar refractivity (Wildman–Crippen MR) is 60.6 cm³/mol. The molecule has 0 unspecified atom stereocenters. The van der Waals surface area contributed by atoms with Gasteiger partial charge in [-0.15, -0.1) is 0 Å². The Morgan fingerprint density at radius 1 is 0.880 bits per heavy atom. The Morgan fingerprint density at radius 2 is 1.44 bits per heavy atom. The van der Waals surface area contributed by atoms with Crippen molar-refractivity contribution in [3.05, 3.63) is 0 Å². The fourth-order valence-electron chi connectivity index (χ4n) is 0.986. The van der Waals surface area contributed by atoms with E-state index in [9.17, 15) is 44.3 Å². The van der Waals surface area contributed by atoms with E-state index < -0.39 is 50.1 Å². The van der Waals surface area contributed by atoms with E-state index in [2.05, 4.69) is 18.9 Å². The molecule has 14 heteroatoms. The Labute approximate surface area is 134 Å². The van der Waals surface area contributed by atoms with Gasteiger partial charge in [-0.2, -0.15) is 35.1 Å². The second kappa shape index (κ2) is 8.78. The van der Waals surface area contributed by atoms with Crippen LogP contribution in [0.15, 0.2) is 0 Å². The summed E-state index contributed by atoms with van der Waals surface area (Å²) in [5, 5.41) is 0. The molecule has 0 heterocycles. The highest BCUT2D eigenvalue weighted by molar-refractivity contribution is 5.60. The average Bonchev–Trinajstić information content (AvgIpc) is 2.49. The molecule has 0 aromatic heterocycles. The minimum Gasteiger partial charge on any atom is -0.432 e. The lowest BCUT2D eigenvalue weighted by atomic mass is 10.3. The van der Waals surface area contributed by atoms with Crippen molar-refractivity contribution in [2.45, 2.75) is 31.0 Å². The zero-order chi connectivity index (χ0) is 19.9. The number of halogens is 9. The molecular formula is C11H13F9O5. The van der Waals surface area contributed by atoms with Crippen molar-refractivity contribution in [2.24, 2.45) is 0 Å². The summed E-state index contributed by atoms with van der Waals surface area (Å²) >= 11 is 0. The van der Waals surface area contributed by atoms with Crippen LogP contribution in [0.5, 0.6) is 0 Å². The van der Waals surface area contributed by atoms with Gasteiger partial charge in [0, 0.05) is 6.61 Å². The quantitative estimate of drug-likeness (QED) is 0.303. The molecule has 0 saturated heterocycles. The molecule has 0 spiro atoms. The smallest absolute Gasteiger partial charge is 0.432 e. The van der Waals surface area contributed by atoms with E-state index in [1.807, 2.05) is 0 Å². The molecule has 0 aliphatic carbocycles. The van der Waals surface area contributed by atoms with Crippen LogP contribution in [0.2, 0.25) is 0 Å². The monoisotopic (exact) mass is 396 g/mol. The van der Waals surface area contributed by atoms with Crippen molar-refractivity contribution < 1.29 is 63.3 Å². The summed E-state index contributed by atoms with van der Waals surface area (Å²) in [7, 11) is 0. The van der Waals surface area contributed by atoms with Gasteiger partial charge in [-0.1, -0.05) is 0 Å². The first-order chi connectivity index (χ1) is 11.2. The largest absolute Gasteiger partial charge is 0.513 e. The third-order valence-electron chi connectivity index (χ3n) is 2.32. The van der Waals surface area contributed by atoms with E-state index in [4.69, 9.17) is 0 Å². The number of rotatable bonds is 11. The molecule has 0 radical (unpaired) electrons. The lowest BCUT2D eigenvalue weighted by Gasteiger charge is -2.28. The summed E-state index contributed by atoms with van der Waals surface area (Å²) < 4.78 is 129. The third kappa shape index (κ3) is 6.76. The Hall–Kier alpha value is -1.44. The first-order valence-corrected chi connectivity index (χ1v) is 6.37. The maximum atomic E-state index is 13.1. The average molecular weight is 396 g/mol. The fourth-order valence-corrected chi connectivity index (χ4v) is 0.986. The molecule has 0 aromatic rings. The van der Waals surface area contributed by atoms with Gasteiger partial charge in [-0.05, 0) is 6.92 Å². The summed E-state index contributed by atoms with van der Waals surface area (Å²) in [4.78, 5) is 10.8. The van der Waals surface area contributed by atoms with Gasteiger partial charge in [-0.25, -0.2) is 9.18 Å². The first kappa shape index (κ1) is 23.6. The Balaban J connectivity index is 4.74. The molecule has 0 rings (SSSR count). The molecule has 0 bridgehead atoms. The molecule has 150 valence electrons. The van der Waals surface area contributed by atoms with Crippen LogP contribution in [-0.4, -0.2) is 63.3 Å². The van der Waals surface area contributed by atoms with Crippen LogP contribution in [0.4, 0.5) is 44.3 Å². The maximum absolute atomic E-state index is 13.1. The van der Waals surface area contributed by atoms with E-state index >= 15 is 0 Å². The highest BCUT2D eigenvalue weighted by Crippen LogP contribution is 2.40. The molecule has 0 fully saturated rings. The van der Waals surface area contributed by atoms with Crippen LogP contribution < -0.4 is 0 Å². The van der Waals surface area contributed by atoms with Gasteiger partial charge in [0.15, 0.2) is 6.67 Å². The lowest BCUT2D eigenvalue weighted by molar-refractivity contribution is -0.392. The van der Waals surface area contributed by atoms with Gasteiger partial charge >= 0.3 is 30.2 Å². The van der Waals surface area contributed by atoms with Gasteiger partial charge < -0.3 is 18.9 Å². The van der Waals surface area contributed by atoms with Gasteiger partial charge in [0.1, 0.15) is 13.2 Å². The molecule has 0 aliphatic heterocycles. The Kier molecular flexibility index (Phi) is 8.27. The van der Waals surface area contributed by atoms with Crippen LogP contribution in [0.3, 0.4) is 0 Å². The zero-order valence-electron chi connectivity index (χ0n) is 12.5. The van der Waals surface area contributed by atoms with E-state index in [1.54, 1.807) is 0 Å². The lowest BCUT2D eigenvalue weighted by Crippen LogP contribution is -2.52. The molecule has 25 heavy (non-hydrogen) atoms. The topological polar surface area (TPSA) is 54.0 Å². The third-order valence-corrected chi connectivity index (χ3v) is 2.32. The van der Waals surface area contributed by atoms with Crippen LogP contribution in [0.25, 0.3) is 0 Å². The highest BCUT2D eigenvalue weighted by atomic mass is 19.3. The first-order valence-electron chi connectivity index (χ1n) is 6.37. The van der Waals surface area contributed by atoms with E-state index in [0.717, 1.165) is 0 Å². The number of hydrogen-bond acceptors (Lipinski definition) is 5. The van der Waals surface area contributed by atoms with Crippen molar-refractivity contribution >= 4 is 6.16 Å². The van der Waals surface area contributed by atoms with Crippen molar-refractivity contribution in [3.8, 4) is 0 Å². The Morgan fingerprint density at radius 3 is 1.92 bits per heavy atom. The number of carbonyl (C=O) groups excluding carboxylic acids is 1. The number of alkyl halides is 9. The number of ether oxygens (including phenoxy) is 4. The summed E-state index contributed by atoms with van der Waals surface area (Å²) in [6.07, 6.45) is -13.8. The SMILES string of the molecule is CCOCCOC(=O)OC(F)(F)C(F)(F)COC(F)(F)C(F)(F)CF. The molecule has 0 N–H and O–H groups in total. The standard InChI is InChI=1S/C11H13F9O5/c1-2-22-3-4-23-7(21)25-11(19,20)9(15,16)6-24-10(17,18)8(13,14)5-12/h2-6H2,1H3. The van der Waals surface area contributed by atoms with Gasteiger partial charge in [0.05, 0.1) is 6.61 Å². The summed E-state index contributed by atoms with van der Waals surface area (Å²) in [6.45, 7) is -5.22. The minimum atomic E-state index is -5.81. The predicted octanol–water partition coefficient (Wildman–Crippen LogP) is 3.62. The van der Waals surface area contributed by atoms with E-state index in [0.29, 0.717) is 0 Å². The second-order valence-corrected chi connectivity index (χ2v) is 4.26. The van der Waals surface area contributed by atoms with Gasteiger partial charge in [-0.3, -0.25) is 0 Å². The summed E-state index contributed by atoms with van der Waals surface area (Å²) in [5.41, 5.74) is 0. The second-order valence-electron chi connectivity index (χ2n) is 4.26. The number of carbonyl (C=O) groups is 1. The summed E-state index contributed by atoms with van der Waals surface area (Å²) in [5.74, 6) is -11.2. The fraction of sp³-hybridized carbons (Fsp3) is 0.909. The number of hydrogen-bond donors (Lipinski definition) is 0. The molecular weight excluding hydrogens is 383 g/mol. The van der Waals surface area contributed by atoms with E-state index in [1.165, 1.54) is 6.92 Å². The normalized spacial score (nSPS) is 13.7. The molecule has 0 aromatic carbocycles. The highest BCUT2D eigenvalue weighted by Gasteiger charge is 2.65. The minimum absolute atomic E-state index is 0.168. The maximum Gasteiger partial charge on any atom is 0.513 e. The molecule has 5 nitrogen and oxygen atoms in total. The van der Waals surface area contributed by atoms with Crippen molar-refractivity contribution in [1.29, 1.82) is 0 Å². The van der Waals surface area contributed by atoms with Crippen LogP contribution >= 0.6 is 0 Å². The van der Waals surface area contributed by atoms with Crippen molar-refractivity contribution in [3.63, 3.8) is 0 Å². The Bertz CT molecular complexity index is 430. The van der Waals surface area contributed by atoms with Crippen molar-refractivity contribution in [1.82, 2.24) is 0 Å². The zero-order valence-corrected chi connectivity index (χ0v) is 12.5. The van der Waals surface area contributed by atoms with Crippen LogP contribution in [0.1, 0.15) is 6.92 Å². The molecule has 0 aliphatic rings. The van der Waals surface area contributed by atoms with Crippen LogP contribution in [0, 0.1) is 0 Å². The molecule has 0 saturated carbocycles. The van der Waals surface area contributed by atoms with Gasteiger partial charge in [0.2, 0.25) is 0 Å². The van der Waals surface area contributed by atoms with Crippen LogP contribution in [-0.2, 0) is 18.9 Å². The van der Waals surface area contributed by atoms with Crippen molar-refractivity contribution in [2.75, 3.05) is 33.1 Å². The van der Waals surface area contributed by atoms with Gasteiger partial charge in [0.25, 0.3) is 0 Å². The molecule has 0 atom stereocenters. The summed E-state index contributed by atoms with van der Waals surface area (Å²) in [6, 6.07) is 0.